The van der Waals surface area contributed by atoms with Crippen LogP contribution in [0.2, 0.25) is 0 Å². The molecule has 0 saturated heterocycles. The molecule has 2 nitrogen and oxygen atoms in total. The van der Waals surface area contributed by atoms with Crippen molar-refractivity contribution in [3.63, 3.8) is 0 Å². The van der Waals surface area contributed by atoms with Crippen molar-refractivity contribution in [2.45, 2.75) is 32.1 Å². The van der Waals surface area contributed by atoms with E-state index in [1.165, 1.54) is 5.56 Å². The summed E-state index contributed by atoms with van der Waals surface area (Å²) in [6.45, 7) is 4.42. The van der Waals surface area contributed by atoms with E-state index in [-0.39, 0.29) is 12.0 Å². The molecule has 2 aromatic carbocycles. The number of aliphatic hydroxyl groups is 1. The second-order valence-electron chi connectivity index (χ2n) is 5.28. The lowest BCUT2D eigenvalue weighted by Crippen LogP contribution is -2.29. The zero-order valence-corrected chi connectivity index (χ0v) is 12.3. The number of rotatable bonds is 5. The Bertz CT molecular complexity index is 565. The number of aliphatic hydroxyl groups excluding tert-OH is 1. The SMILES string of the molecule is CCC(CC)(CO)c1ccccc1-c1ccccc1N. The van der Waals surface area contributed by atoms with Crippen LogP contribution in [0.1, 0.15) is 32.3 Å². The van der Waals surface area contributed by atoms with Crippen molar-refractivity contribution in [1.29, 1.82) is 0 Å². The average molecular weight is 269 g/mol. The van der Waals surface area contributed by atoms with E-state index in [1.807, 2.05) is 36.4 Å². The van der Waals surface area contributed by atoms with Gasteiger partial charge in [-0.05, 0) is 30.0 Å². The fourth-order valence-electron chi connectivity index (χ4n) is 2.86. The minimum Gasteiger partial charge on any atom is -0.398 e. The van der Waals surface area contributed by atoms with Crippen LogP contribution >= 0.6 is 0 Å². The molecule has 0 atom stereocenters. The summed E-state index contributed by atoms with van der Waals surface area (Å²) < 4.78 is 0. The monoisotopic (exact) mass is 269 g/mol. The summed E-state index contributed by atoms with van der Waals surface area (Å²) in [6.07, 6.45) is 1.81. The molecule has 2 aromatic rings. The summed E-state index contributed by atoms with van der Waals surface area (Å²) in [7, 11) is 0. The molecule has 0 bridgehead atoms. The standard InChI is InChI=1S/C18H23NO/c1-3-18(4-2,13-20)16-11-7-5-9-14(16)15-10-6-8-12-17(15)19/h5-12,20H,3-4,13,19H2,1-2H3. The van der Waals surface area contributed by atoms with Crippen molar-refractivity contribution in [1.82, 2.24) is 0 Å². The van der Waals surface area contributed by atoms with Gasteiger partial charge >= 0.3 is 0 Å². The smallest absolute Gasteiger partial charge is 0.0527 e. The third-order valence-electron chi connectivity index (χ3n) is 4.41. The third-order valence-corrected chi connectivity index (χ3v) is 4.41. The fourth-order valence-corrected chi connectivity index (χ4v) is 2.86. The first-order valence-corrected chi connectivity index (χ1v) is 7.23. The van der Waals surface area contributed by atoms with Crippen LogP contribution < -0.4 is 5.73 Å². The molecule has 0 fully saturated rings. The summed E-state index contributed by atoms with van der Waals surface area (Å²) in [5.41, 5.74) is 10.1. The molecule has 106 valence electrons. The maximum atomic E-state index is 9.94. The van der Waals surface area contributed by atoms with E-state index in [4.69, 9.17) is 5.73 Å². The lowest BCUT2D eigenvalue weighted by molar-refractivity contribution is 0.183. The van der Waals surface area contributed by atoms with Crippen LogP contribution in [0.3, 0.4) is 0 Å². The van der Waals surface area contributed by atoms with Crippen LogP contribution in [-0.4, -0.2) is 11.7 Å². The van der Waals surface area contributed by atoms with Crippen LogP contribution in [0.15, 0.2) is 48.5 Å². The summed E-state index contributed by atoms with van der Waals surface area (Å²) >= 11 is 0. The van der Waals surface area contributed by atoms with Crippen molar-refractivity contribution >= 4 is 5.69 Å². The minimum atomic E-state index is -0.196. The van der Waals surface area contributed by atoms with E-state index in [9.17, 15) is 5.11 Å². The number of anilines is 1. The number of benzene rings is 2. The summed E-state index contributed by atoms with van der Waals surface area (Å²) in [6, 6.07) is 16.2. The predicted molar refractivity (Wildman–Crippen MR) is 85.6 cm³/mol. The van der Waals surface area contributed by atoms with Crippen molar-refractivity contribution in [3.8, 4) is 11.1 Å². The van der Waals surface area contributed by atoms with Gasteiger partial charge in [0.05, 0.1) is 6.61 Å². The maximum absolute atomic E-state index is 9.94. The lowest BCUT2D eigenvalue weighted by Gasteiger charge is -2.32. The molecule has 0 aliphatic heterocycles. The number of hydrogen-bond donors (Lipinski definition) is 2. The molecule has 0 aliphatic rings. The molecule has 0 unspecified atom stereocenters. The van der Waals surface area contributed by atoms with E-state index in [1.54, 1.807) is 0 Å². The molecular formula is C18H23NO. The van der Waals surface area contributed by atoms with Crippen LogP contribution in [0.4, 0.5) is 5.69 Å². The maximum Gasteiger partial charge on any atom is 0.0527 e. The van der Waals surface area contributed by atoms with Crippen LogP contribution in [-0.2, 0) is 5.41 Å². The van der Waals surface area contributed by atoms with E-state index in [2.05, 4.69) is 26.0 Å². The molecule has 2 heteroatoms. The van der Waals surface area contributed by atoms with E-state index in [0.717, 1.165) is 29.7 Å². The number of nitrogen functional groups attached to an aromatic ring is 1. The summed E-state index contributed by atoms with van der Waals surface area (Å²) in [5.74, 6) is 0. The van der Waals surface area contributed by atoms with Gasteiger partial charge in [-0.3, -0.25) is 0 Å². The molecule has 0 aromatic heterocycles. The Morgan fingerprint density at radius 3 is 2.00 bits per heavy atom. The Morgan fingerprint density at radius 1 is 0.900 bits per heavy atom. The van der Waals surface area contributed by atoms with Gasteiger partial charge in [0, 0.05) is 16.7 Å². The first-order chi connectivity index (χ1) is 9.68. The Kier molecular flexibility index (Phi) is 4.46. The van der Waals surface area contributed by atoms with Gasteiger partial charge in [-0.25, -0.2) is 0 Å². The van der Waals surface area contributed by atoms with Gasteiger partial charge in [0.25, 0.3) is 0 Å². The normalized spacial score (nSPS) is 11.6. The predicted octanol–water partition coefficient (Wildman–Crippen LogP) is 3.99. The number of nitrogens with two attached hydrogens (primary N) is 1. The molecule has 0 heterocycles. The Hall–Kier alpha value is -1.80. The molecule has 0 aliphatic carbocycles. The highest BCUT2D eigenvalue weighted by atomic mass is 16.3. The number of hydrogen-bond acceptors (Lipinski definition) is 2. The molecule has 2 rings (SSSR count). The largest absolute Gasteiger partial charge is 0.398 e. The fraction of sp³-hybridized carbons (Fsp3) is 0.333. The highest BCUT2D eigenvalue weighted by Crippen LogP contribution is 2.39. The molecule has 3 N–H and O–H groups in total. The van der Waals surface area contributed by atoms with Crippen molar-refractivity contribution in [2.24, 2.45) is 0 Å². The van der Waals surface area contributed by atoms with E-state index < -0.39 is 0 Å². The highest BCUT2D eigenvalue weighted by molar-refractivity contribution is 5.79. The van der Waals surface area contributed by atoms with E-state index >= 15 is 0 Å². The number of para-hydroxylation sites is 1. The second-order valence-corrected chi connectivity index (χ2v) is 5.28. The van der Waals surface area contributed by atoms with Gasteiger partial charge in [-0.2, -0.15) is 0 Å². The topological polar surface area (TPSA) is 46.2 Å². The highest BCUT2D eigenvalue weighted by Gasteiger charge is 2.30. The van der Waals surface area contributed by atoms with Gasteiger partial charge in [-0.15, -0.1) is 0 Å². The van der Waals surface area contributed by atoms with Crippen LogP contribution in [0.25, 0.3) is 11.1 Å². The van der Waals surface area contributed by atoms with E-state index in [0.29, 0.717) is 0 Å². The minimum absolute atomic E-state index is 0.156. The Labute approximate surface area is 121 Å². The summed E-state index contributed by atoms with van der Waals surface area (Å²) in [5, 5.41) is 9.94. The summed E-state index contributed by atoms with van der Waals surface area (Å²) in [4.78, 5) is 0. The quantitative estimate of drug-likeness (QED) is 0.806. The van der Waals surface area contributed by atoms with Crippen molar-refractivity contribution < 1.29 is 5.11 Å². The molecule has 0 radical (unpaired) electrons. The average Bonchev–Trinajstić information content (AvgIpc) is 2.51. The first kappa shape index (κ1) is 14.6. The van der Waals surface area contributed by atoms with Crippen LogP contribution in [0, 0.1) is 0 Å². The Morgan fingerprint density at radius 2 is 1.45 bits per heavy atom. The molecular weight excluding hydrogens is 246 g/mol. The first-order valence-electron chi connectivity index (χ1n) is 7.23. The molecule has 0 spiro atoms. The van der Waals surface area contributed by atoms with Gasteiger partial charge in [0.15, 0.2) is 0 Å². The molecule has 20 heavy (non-hydrogen) atoms. The third kappa shape index (κ3) is 2.44. The Balaban J connectivity index is 2.65. The lowest BCUT2D eigenvalue weighted by atomic mass is 9.73. The van der Waals surface area contributed by atoms with Crippen LogP contribution in [0.5, 0.6) is 0 Å². The van der Waals surface area contributed by atoms with Gasteiger partial charge in [-0.1, -0.05) is 56.3 Å². The molecule has 0 amide bonds. The molecule has 0 saturated carbocycles. The zero-order chi connectivity index (χ0) is 14.6. The second kappa shape index (κ2) is 6.10. The van der Waals surface area contributed by atoms with Crippen molar-refractivity contribution in [3.05, 3.63) is 54.1 Å². The van der Waals surface area contributed by atoms with Crippen molar-refractivity contribution in [2.75, 3.05) is 12.3 Å². The van der Waals surface area contributed by atoms with Gasteiger partial charge in [0.2, 0.25) is 0 Å². The van der Waals surface area contributed by atoms with Gasteiger partial charge in [0.1, 0.15) is 0 Å². The zero-order valence-electron chi connectivity index (χ0n) is 12.3. The van der Waals surface area contributed by atoms with Gasteiger partial charge < -0.3 is 10.8 Å².